The molecule has 1 fully saturated rings. The highest BCUT2D eigenvalue weighted by atomic mass is 16.1. The number of hydrogen-bond acceptors (Lipinski definition) is 2. The number of amides is 1. The zero-order valence-electron chi connectivity index (χ0n) is 10.9. The summed E-state index contributed by atoms with van der Waals surface area (Å²) in [6.07, 6.45) is 2.82. The molecular weight excluding hydrogens is 238 g/mol. The maximum atomic E-state index is 11.9. The van der Waals surface area contributed by atoms with Crippen LogP contribution in [-0.4, -0.2) is 16.1 Å². The lowest BCUT2D eigenvalue weighted by molar-refractivity contribution is -0.115. The first-order chi connectivity index (χ1) is 9.20. The van der Waals surface area contributed by atoms with Crippen molar-refractivity contribution in [2.75, 3.05) is 5.32 Å². The Morgan fingerprint density at radius 2 is 2.26 bits per heavy atom. The second-order valence-electron chi connectivity index (χ2n) is 5.20. The quantitative estimate of drug-likeness (QED) is 0.882. The van der Waals surface area contributed by atoms with Crippen LogP contribution in [-0.2, 0) is 11.2 Å². The van der Waals surface area contributed by atoms with Gasteiger partial charge in [-0.15, -0.1) is 0 Å². The standard InChI is InChI=1S/C15H17N3O/c1-10-3-2-4-11(7-10)8-15(19)16-14-9-13(17-18-14)12-5-6-12/h2-4,7,9,12H,5-6,8H2,1H3,(H2,16,17,18,19). The van der Waals surface area contributed by atoms with Gasteiger partial charge < -0.3 is 5.32 Å². The van der Waals surface area contributed by atoms with Crippen LogP contribution in [0.2, 0.25) is 0 Å². The van der Waals surface area contributed by atoms with E-state index in [2.05, 4.69) is 15.5 Å². The van der Waals surface area contributed by atoms with E-state index in [-0.39, 0.29) is 5.91 Å². The Morgan fingerprint density at radius 1 is 1.42 bits per heavy atom. The van der Waals surface area contributed by atoms with Crippen molar-refractivity contribution in [1.82, 2.24) is 10.2 Å². The van der Waals surface area contributed by atoms with Crippen LogP contribution in [0.5, 0.6) is 0 Å². The summed E-state index contributed by atoms with van der Waals surface area (Å²) in [6.45, 7) is 2.02. The third kappa shape index (κ3) is 3.02. The highest BCUT2D eigenvalue weighted by molar-refractivity contribution is 5.91. The molecule has 0 bridgehead atoms. The van der Waals surface area contributed by atoms with Gasteiger partial charge >= 0.3 is 0 Å². The molecule has 4 heteroatoms. The number of H-pyrrole nitrogens is 1. The molecule has 0 unspecified atom stereocenters. The Bertz CT molecular complexity index is 599. The molecule has 0 saturated heterocycles. The summed E-state index contributed by atoms with van der Waals surface area (Å²) in [4.78, 5) is 11.9. The second-order valence-corrected chi connectivity index (χ2v) is 5.20. The number of rotatable bonds is 4. The smallest absolute Gasteiger partial charge is 0.229 e. The third-order valence-electron chi connectivity index (χ3n) is 3.33. The average molecular weight is 255 g/mol. The highest BCUT2D eigenvalue weighted by Crippen LogP contribution is 2.39. The molecule has 1 heterocycles. The van der Waals surface area contributed by atoms with Crippen LogP contribution in [0.1, 0.15) is 35.6 Å². The lowest BCUT2D eigenvalue weighted by atomic mass is 10.1. The Balaban J connectivity index is 1.61. The molecule has 1 aromatic carbocycles. The second kappa shape index (κ2) is 4.88. The number of carbonyl (C=O) groups excluding carboxylic acids is 1. The summed E-state index contributed by atoms with van der Waals surface area (Å²) in [6, 6.07) is 9.92. The zero-order valence-corrected chi connectivity index (χ0v) is 10.9. The van der Waals surface area contributed by atoms with E-state index < -0.39 is 0 Å². The largest absolute Gasteiger partial charge is 0.309 e. The fraction of sp³-hybridized carbons (Fsp3) is 0.333. The fourth-order valence-corrected chi connectivity index (χ4v) is 2.20. The number of nitrogens with one attached hydrogen (secondary N) is 2. The van der Waals surface area contributed by atoms with Crippen molar-refractivity contribution in [2.24, 2.45) is 0 Å². The van der Waals surface area contributed by atoms with Crippen molar-refractivity contribution >= 4 is 11.7 Å². The first-order valence-corrected chi connectivity index (χ1v) is 6.61. The van der Waals surface area contributed by atoms with Gasteiger partial charge in [0.25, 0.3) is 0 Å². The summed E-state index contributed by atoms with van der Waals surface area (Å²) < 4.78 is 0. The van der Waals surface area contributed by atoms with Gasteiger partial charge in [-0.1, -0.05) is 29.8 Å². The predicted octanol–water partition coefficient (Wildman–Crippen LogP) is 2.78. The Labute approximate surface area is 112 Å². The molecule has 1 aromatic heterocycles. The molecule has 3 rings (SSSR count). The molecule has 0 radical (unpaired) electrons. The van der Waals surface area contributed by atoms with E-state index in [0.29, 0.717) is 18.2 Å². The van der Waals surface area contributed by atoms with E-state index in [1.54, 1.807) is 0 Å². The molecule has 0 atom stereocenters. The van der Waals surface area contributed by atoms with Crippen molar-refractivity contribution in [3.8, 4) is 0 Å². The molecular formula is C15H17N3O. The minimum atomic E-state index is -0.0283. The molecule has 98 valence electrons. The molecule has 1 amide bonds. The van der Waals surface area contributed by atoms with Gasteiger partial charge in [-0.2, -0.15) is 5.10 Å². The summed E-state index contributed by atoms with van der Waals surface area (Å²) >= 11 is 0. The third-order valence-corrected chi connectivity index (χ3v) is 3.33. The van der Waals surface area contributed by atoms with Gasteiger partial charge in [-0.3, -0.25) is 9.89 Å². The molecule has 4 nitrogen and oxygen atoms in total. The lowest BCUT2D eigenvalue weighted by Crippen LogP contribution is -2.14. The number of aryl methyl sites for hydroxylation is 1. The lowest BCUT2D eigenvalue weighted by Gasteiger charge is -2.03. The van der Waals surface area contributed by atoms with E-state index in [4.69, 9.17) is 0 Å². The minimum Gasteiger partial charge on any atom is -0.309 e. The number of nitrogens with zero attached hydrogens (tertiary/aromatic N) is 1. The van der Waals surface area contributed by atoms with Gasteiger partial charge in [0.1, 0.15) is 0 Å². The number of anilines is 1. The van der Waals surface area contributed by atoms with Crippen molar-refractivity contribution < 1.29 is 4.79 Å². The van der Waals surface area contributed by atoms with Gasteiger partial charge in [0.15, 0.2) is 5.82 Å². The van der Waals surface area contributed by atoms with Gasteiger partial charge in [-0.05, 0) is 25.3 Å². The van der Waals surface area contributed by atoms with Gasteiger partial charge in [0.05, 0.1) is 6.42 Å². The number of aromatic amines is 1. The summed E-state index contributed by atoms with van der Waals surface area (Å²) in [7, 11) is 0. The molecule has 19 heavy (non-hydrogen) atoms. The molecule has 2 aromatic rings. The van der Waals surface area contributed by atoms with Crippen LogP contribution in [0.3, 0.4) is 0 Å². The normalized spacial score (nSPS) is 14.4. The summed E-state index contributed by atoms with van der Waals surface area (Å²) in [5, 5.41) is 9.93. The zero-order chi connectivity index (χ0) is 13.2. The van der Waals surface area contributed by atoms with Crippen molar-refractivity contribution in [3.63, 3.8) is 0 Å². The number of benzene rings is 1. The maximum Gasteiger partial charge on any atom is 0.229 e. The molecule has 1 saturated carbocycles. The first-order valence-electron chi connectivity index (χ1n) is 6.61. The number of carbonyl (C=O) groups is 1. The number of hydrogen-bond donors (Lipinski definition) is 2. The van der Waals surface area contributed by atoms with Gasteiger partial charge in [0.2, 0.25) is 5.91 Å². The van der Waals surface area contributed by atoms with Crippen LogP contribution in [0.25, 0.3) is 0 Å². The van der Waals surface area contributed by atoms with E-state index in [1.165, 1.54) is 18.4 Å². The van der Waals surface area contributed by atoms with Crippen molar-refractivity contribution in [1.29, 1.82) is 0 Å². The van der Waals surface area contributed by atoms with E-state index in [0.717, 1.165) is 11.3 Å². The topological polar surface area (TPSA) is 57.8 Å². The molecule has 1 aliphatic rings. The average Bonchev–Trinajstić information content (AvgIpc) is 3.11. The van der Waals surface area contributed by atoms with Gasteiger partial charge in [-0.25, -0.2) is 0 Å². The van der Waals surface area contributed by atoms with Crippen molar-refractivity contribution in [3.05, 3.63) is 47.2 Å². The highest BCUT2D eigenvalue weighted by Gasteiger charge is 2.25. The molecule has 0 spiro atoms. The van der Waals surface area contributed by atoms with Crippen molar-refractivity contribution in [2.45, 2.75) is 32.1 Å². The van der Waals surface area contributed by atoms with E-state index in [1.807, 2.05) is 37.3 Å². The maximum absolute atomic E-state index is 11.9. The Kier molecular flexibility index (Phi) is 3.07. The minimum absolute atomic E-state index is 0.0283. The number of aromatic nitrogens is 2. The van der Waals surface area contributed by atoms with Crippen LogP contribution < -0.4 is 5.32 Å². The Morgan fingerprint density at radius 3 is 3.00 bits per heavy atom. The summed E-state index contributed by atoms with van der Waals surface area (Å²) in [5.41, 5.74) is 3.32. The van der Waals surface area contributed by atoms with Crippen LogP contribution in [0, 0.1) is 6.92 Å². The monoisotopic (exact) mass is 255 g/mol. The Hall–Kier alpha value is -2.10. The van der Waals surface area contributed by atoms with Gasteiger partial charge in [0, 0.05) is 17.7 Å². The summed E-state index contributed by atoms with van der Waals surface area (Å²) in [5.74, 6) is 1.22. The van der Waals surface area contributed by atoms with E-state index in [9.17, 15) is 4.79 Å². The predicted molar refractivity (Wildman–Crippen MR) is 74.1 cm³/mol. The van der Waals surface area contributed by atoms with E-state index >= 15 is 0 Å². The van der Waals surface area contributed by atoms with Crippen LogP contribution >= 0.6 is 0 Å². The van der Waals surface area contributed by atoms with Crippen LogP contribution in [0.4, 0.5) is 5.82 Å². The van der Waals surface area contributed by atoms with Crippen LogP contribution in [0.15, 0.2) is 30.3 Å². The molecule has 2 N–H and O–H groups in total. The molecule has 1 aliphatic carbocycles. The fourth-order valence-electron chi connectivity index (χ4n) is 2.20. The molecule has 0 aliphatic heterocycles. The first kappa shape index (κ1) is 12.0. The SMILES string of the molecule is Cc1cccc(CC(=O)Nc2cc(C3CC3)[nH]n2)c1.